The minimum absolute atomic E-state index is 0.244. The van der Waals surface area contributed by atoms with E-state index < -0.39 is 5.97 Å². The molecule has 18 heavy (non-hydrogen) atoms. The summed E-state index contributed by atoms with van der Waals surface area (Å²) in [6.45, 7) is 1.92. The minimum atomic E-state index is -1.01. The molecule has 1 N–H and O–H groups in total. The van der Waals surface area contributed by atoms with Gasteiger partial charge in [-0.15, -0.1) is 0 Å². The van der Waals surface area contributed by atoms with Crippen LogP contribution in [0.2, 0.25) is 0 Å². The molecule has 0 fully saturated rings. The first-order valence-electron chi connectivity index (χ1n) is 5.42. The second-order valence-electron chi connectivity index (χ2n) is 4.00. The highest BCUT2D eigenvalue weighted by molar-refractivity contribution is 5.80. The molecule has 0 saturated heterocycles. The number of aliphatic carboxylic acids is 1. The number of aromatic nitrogens is 2. The van der Waals surface area contributed by atoms with Crippen LogP contribution in [-0.4, -0.2) is 20.6 Å². The molecule has 1 aromatic heterocycles. The summed E-state index contributed by atoms with van der Waals surface area (Å²) in [4.78, 5) is 26.4. The summed E-state index contributed by atoms with van der Waals surface area (Å²) in [6, 6.07) is 7.25. The van der Waals surface area contributed by atoms with Gasteiger partial charge in [0.1, 0.15) is 0 Å². The zero-order valence-electron chi connectivity index (χ0n) is 9.83. The van der Waals surface area contributed by atoms with Crippen molar-refractivity contribution in [1.29, 1.82) is 0 Å². The Morgan fingerprint density at radius 2 is 2.17 bits per heavy atom. The molecule has 0 unspecified atom stereocenters. The van der Waals surface area contributed by atoms with Crippen molar-refractivity contribution < 1.29 is 9.90 Å². The maximum Gasteiger partial charge on any atom is 0.328 e. The molecular weight excluding hydrogens is 232 g/mol. The van der Waals surface area contributed by atoms with Crippen molar-refractivity contribution in [2.75, 3.05) is 0 Å². The summed E-state index contributed by atoms with van der Waals surface area (Å²) >= 11 is 0. The third-order valence-electron chi connectivity index (χ3n) is 2.53. The van der Waals surface area contributed by atoms with Crippen LogP contribution in [0.15, 0.2) is 46.9 Å². The Hall–Kier alpha value is -2.43. The van der Waals surface area contributed by atoms with Crippen molar-refractivity contribution in [3.63, 3.8) is 0 Å². The number of carboxylic acids is 1. The molecule has 5 heteroatoms. The van der Waals surface area contributed by atoms with Gasteiger partial charge in [-0.2, -0.15) is 0 Å². The van der Waals surface area contributed by atoms with Gasteiger partial charge in [0.05, 0.1) is 17.2 Å². The number of allylic oxidation sites excluding steroid dienone is 1. The molecule has 92 valence electrons. The SMILES string of the molecule is CC(=CC(=O)O)Cn1c(=O)cnc2ccccc21. The maximum absolute atomic E-state index is 11.8. The van der Waals surface area contributed by atoms with Gasteiger partial charge in [0, 0.05) is 12.6 Å². The third kappa shape index (κ3) is 2.45. The first kappa shape index (κ1) is 12.0. The fourth-order valence-electron chi connectivity index (χ4n) is 1.78. The number of hydrogen-bond acceptors (Lipinski definition) is 3. The Morgan fingerprint density at radius 3 is 2.89 bits per heavy atom. The Kier molecular flexibility index (Phi) is 3.23. The summed E-state index contributed by atoms with van der Waals surface area (Å²) in [5.74, 6) is -1.01. The number of fused-ring (bicyclic) bond motifs is 1. The number of para-hydroxylation sites is 2. The molecule has 0 spiro atoms. The van der Waals surface area contributed by atoms with Crippen LogP contribution in [0.25, 0.3) is 11.0 Å². The largest absolute Gasteiger partial charge is 0.478 e. The quantitative estimate of drug-likeness (QED) is 0.829. The molecule has 0 bridgehead atoms. The summed E-state index contributed by atoms with van der Waals surface area (Å²) < 4.78 is 1.51. The topological polar surface area (TPSA) is 72.2 Å². The lowest BCUT2D eigenvalue weighted by Crippen LogP contribution is -2.21. The van der Waals surface area contributed by atoms with E-state index in [1.54, 1.807) is 13.0 Å². The molecule has 0 aliphatic carbocycles. The Labute approximate surface area is 103 Å². The molecule has 5 nitrogen and oxygen atoms in total. The van der Waals surface area contributed by atoms with Crippen molar-refractivity contribution in [3.8, 4) is 0 Å². The molecule has 0 aliphatic heterocycles. The highest BCUT2D eigenvalue weighted by Gasteiger charge is 2.04. The summed E-state index contributed by atoms with van der Waals surface area (Å²) in [6.07, 6.45) is 2.35. The van der Waals surface area contributed by atoms with Crippen LogP contribution in [0, 0.1) is 0 Å². The van der Waals surface area contributed by atoms with Crippen LogP contribution in [0.4, 0.5) is 0 Å². The van der Waals surface area contributed by atoms with Crippen LogP contribution in [0.3, 0.4) is 0 Å². The van der Waals surface area contributed by atoms with E-state index in [1.165, 1.54) is 10.8 Å². The molecule has 2 aromatic rings. The minimum Gasteiger partial charge on any atom is -0.478 e. The predicted octanol–water partition coefficient (Wildman–Crippen LogP) is 1.43. The number of benzene rings is 1. The van der Waals surface area contributed by atoms with Crippen molar-refractivity contribution >= 4 is 17.0 Å². The standard InChI is InChI=1S/C13H12N2O3/c1-9(6-13(17)18)8-15-11-5-3-2-4-10(11)14-7-12(15)16/h2-7H,8H2,1H3,(H,17,18). The van der Waals surface area contributed by atoms with Gasteiger partial charge in [-0.1, -0.05) is 12.1 Å². The fourth-order valence-corrected chi connectivity index (χ4v) is 1.78. The van der Waals surface area contributed by atoms with Crippen LogP contribution >= 0.6 is 0 Å². The van der Waals surface area contributed by atoms with E-state index in [1.807, 2.05) is 18.2 Å². The zero-order chi connectivity index (χ0) is 13.1. The lowest BCUT2D eigenvalue weighted by atomic mass is 10.2. The van der Waals surface area contributed by atoms with Crippen LogP contribution < -0.4 is 5.56 Å². The monoisotopic (exact) mass is 244 g/mol. The van der Waals surface area contributed by atoms with Gasteiger partial charge >= 0.3 is 5.97 Å². The molecule has 0 aliphatic rings. The van der Waals surface area contributed by atoms with E-state index in [0.29, 0.717) is 16.6 Å². The van der Waals surface area contributed by atoms with Crippen LogP contribution in [0.5, 0.6) is 0 Å². The predicted molar refractivity (Wildman–Crippen MR) is 67.4 cm³/mol. The van der Waals surface area contributed by atoms with E-state index in [9.17, 15) is 9.59 Å². The van der Waals surface area contributed by atoms with E-state index >= 15 is 0 Å². The average Bonchev–Trinajstić information content (AvgIpc) is 2.32. The molecule has 0 radical (unpaired) electrons. The van der Waals surface area contributed by atoms with Crippen molar-refractivity contribution in [3.05, 3.63) is 52.5 Å². The van der Waals surface area contributed by atoms with E-state index in [0.717, 1.165) is 6.08 Å². The second kappa shape index (κ2) is 4.83. The van der Waals surface area contributed by atoms with Crippen molar-refractivity contribution in [2.24, 2.45) is 0 Å². The van der Waals surface area contributed by atoms with Gasteiger partial charge < -0.3 is 9.67 Å². The molecule has 0 atom stereocenters. The lowest BCUT2D eigenvalue weighted by molar-refractivity contribution is -0.131. The zero-order valence-corrected chi connectivity index (χ0v) is 9.83. The molecule has 0 amide bonds. The normalized spacial score (nSPS) is 11.7. The van der Waals surface area contributed by atoms with E-state index in [2.05, 4.69) is 4.98 Å². The van der Waals surface area contributed by atoms with Gasteiger partial charge in [0.15, 0.2) is 0 Å². The number of carbonyl (C=O) groups is 1. The van der Waals surface area contributed by atoms with Gasteiger partial charge in [-0.3, -0.25) is 4.79 Å². The van der Waals surface area contributed by atoms with Crippen molar-refractivity contribution in [1.82, 2.24) is 9.55 Å². The van der Waals surface area contributed by atoms with Crippen molar-refractivity contribution in [2.45, 2.75) is 13.5 Å². The molecule has 1 heterocycles. The molecule has 0 saturated carbocycles. The average molecular weight is 244 g/mol. The third-order valence-corrected chi connectivity index (χ3v) is 2.53. The van der Waals surface area contributed by atoms with Gasteiger partial charge in [0.25, 0.3) is 5.56 Å². The van der Waals surface area contributed by atoms with Crippen LogP contribution in [-0.2, 0) is 11.3 Å². The van der Waals surface area contributed by atoms with E-state index in [4.69, 9.17) is 5.11 Å². The Balaban J connectivity index is 2.53. The first-order valence-corrected chi connectivity index (χ1v) is 5.42. The number of hydrogen-bond donors (Lipinski definition) is 1. The highest BCUT2D eigenvalue weighted by atomic mass is 16.4. The number of carboxylic acid groups (broad SMARTS) is 1. The number of nitrogens with zero attached hydrogens (tertiary/aromatic N) is 2. The maximum atomic E-state index is 11.8. The number of rotatable bonds is 3. The Bertz CT molecular complexity index is 686. The van der Waals surface area contributed by atoms with Gasteiger partial charge in [0.2, 0.25) is 0 Å². The smallest absolute Gasteiger partial charge is 0.328 e. The summed E-state index contributed by atoms with van der Waals surface area (Å²) in [7, 11) is 0. The second-order valence-corrected chi connectivity index (χ2v) is 4.00. The lowest BCUT2D eigenvalue weighted by Gasteiger charge is -2.09. The first-order chi connectivity index (χ1) is 8.58. The molecule has 2 rings (SSSR count). The van der Waals surface area contributed by atoms with E-state index in [-0.39, 0.29) is 12.1 Å². The van der Waals surface area contributed by atoms with Gasteiger partial charge in [-0.05, 0) is 24.6 Å². The highest BCUT2D eigenvalue weighted by Crippen LogP contribution is 2.09. The summed E-state index contributed by atoms with van der Waals surface area (Å²) in [5.41, 5.74) is 1.76. The molecular formula is C13H12N2O3. The molecule has 1 aromatic carbocycles. The van der Waals surface area contributed by atoms with Gasteiger partial charge in [-0.25, -0.2) is 9.78 Å². The summed E-state index contributed by atoms with van der Waals surface area (Å²) in [5, 5.41) is 8.67. The van der Waals surface area contributed by atoms with Crippen LogP contribution in [0.1, 0.15) is 6.92 Å². The fraction of sp³-hybridized carbons (Fsp3) is 0.154. The Morgan fingerprint density at radius 1 is 1.44 bits per heavy atom.